The summed E-state index contributed by atoms with van der Waals surface area (Å²) in [5, 5.41) is 3.09. The van der Waals surface area contributed by atoms with Crippen LogP contribution in [0.3, 0.4) is 0 Å². The highest BCUT2D eigenvalue weighted by atomic mass is 16.2. The smallest absolute Gasteiger partial charge is 0.279 e. The van der Waals surface area contributed by atoms with Gasteiger partial charge in [0.05, 0.1) is 39.3 Å². The number of carbonyl (C=O) groups is 1. The van der Waals surface area contributed by atoms with E-state index in [4.69, 9.17) is 0 Å². The topological polar surface area (TPSA) is 41.2 Å². The first-order chi connectivity index (χ1) is 14.7. The van der Waals surface area contributed by atoms with Crippen molar-refractivity contribution in [3.05, 3.63) is 60.2 Å². The molecule has 2 saturated heterocycles. The van der Waals surface area contributed by atoms with Gasteiger partial charge in [0.1, 0.15) is 6.54 Å². The van der Waals surface area contributed by atoms with Crippen LogP contribution in [0.4, 0.5) is 11.4 Å². The normalized spacial score (nSPS) is 22.6. The third-order valence-corrected chi connectivity index (χ3v) is 6.56. The number of benzene rings is 2. The van der Waals surface area contributed by atoms with E-state index in [1.807, 2.05) is 12.1 Å². The van der Waals surface area contributed by atoms with E-state index in [-0.39, 0.29) is 5.91 Å². The number of carbonyl (C=O) groups excluding carboxylic acids is 1. The van der Waals surface area contributed by atoms with E-state index < -0.39 is 0 Å². The lowest BCUT2D eigenvalue weighted by Crippen LogP contribution is -3.14. The molecule has 0 saturated carbocycles. The summed E-state index contributed by atoms with van der Waals surface area (Å²) in [6.45, 7) is 10.7. The van der Waals surface area contributed by atoms with Gasteiger partial charge in [-0.3, -0.25) is 4.79 Å². The van der Waals surface area contributed by atoms with E-state index in [2.05, 4.69) is 59.6 Å². The lowest BCUT2D eigenvalue weighted by molar-refractivity contribution is -0.914. The van der Waals surface area contributed by atoms with Crippen molar-refractivity contribution >= 4 is 17.3 Å². The Balaban J connectivity index is 1.23. The number of anilines is 2. The summed E-state index contributed by atoms with van der Waals surface area (Å²) in [4.78, 5) is 17.9. The van der Waals surface area contributed by atoms with Gasteiger partial charge in [-0.15, -0.1) is 0 Å². The maximum atomic E-state index is 12.4. The van der Waals surface area contributed by atoms with Crippen LogP contribution in [0.25, 0.3) is 0 Å². The van der Waals surface area contributed by atoms with Gasteiger partial charge in [0, 0.05) is 22.9 Å². The van der Waals surface area contributed by atoms with E-state index in [1.54, 1.807) is 4.90 Å². The van der Waals surface area contributed by atoms with Gasteiger partial charge in [0.15, 0.2) is 6.54 Å². The fourth-order valence-corrected chi connectivity index (χ4v) is 4.89. The molecule has 0 radical (unpaired) electrons. The number of nitrogens with zero attached hydrogens (tertiary/aromatic N) is 1. The second-order valence-electron chi connectivity index (χ2n) is 9.12. The Morgan fingerprint density at radius 3 is 2.43 bits per heavy atom. The van der Waals surface area contributed by atoms with Crippen molar-refractivity contribution in [1.82, 2.24) is 0 Å². The molecule has 2 heterocycles. The summed E-state index contributed by atoms with van der Waals surface area (Å²) < 4.78 is 0. The van der Waals surface area contributed by atoms with Gasteiger partial charge in [-0.25, -0.2) is 0 Å². The van der Waals surface area contributed by atoms with E-state index in [0.717, 1.165) is 57.4 Å². The van der Waals surface area contributed by atoms with Crippen LogP contribution >= 0.6 is 0 Å². The van der Waals surface area contributed by atoms with Crippen LogP contribution in [-0.4, -0.2) is 51.7 Å². The van der Waals surface area contributed by atoms with Gasteiger partial charge in [-0.05, 0) is 37.1 Å². The number of amides is 1. The standard InChI is InChI=1S/C25H34N4O/c1-21-6-5-13-28(18-21)20-25(30)26-23-9-11-24(12-10-23)29-16-14-27(15-17-29)19-22-7-3-2-4-8-22/h2-4,7-12,21H,5-6,13-20H2,1H3,(H,26,30)/p+2/t21-/m1/s1. The number of nitrogens with one attached hydrogen (secondary N) is 3. The molecular formula is C25H36N4O+2. The van der Waals surface area contributed by atoms with Crippen molar-refractivity contribution in [2.24, 2.45) is 5.92 Å². The molecule has 1 amide bonds. The minimum Gasteiger partial charge on any atom is -0.360 e. The fraction of sp³-hybridized carbons (Fsp3) is 0.480. The molecule has 4 rings (SSSR count). The van der Waals surface area contributed by atoms with Crippen molar-refractivity contribution in [3.63, 3.8) is 0 Å². The SMILES string of the molecule is C[C@@H]1CCC[NH+](CC(=O)Nc2ccc(N3CC[NH+](Cc4ccccc4)CC3)cc2)C1. The van der Waals surface area contributed by atoms with E-state index in [1.165, 1.54) is 29.0 Å². The summed E-state index contributed by atoms with van der Waals surface area (Å²) in [6, 6.07) is 19.2. The van der Waals surface area contributed by atoms with Crippen molar-refractivity contribution in [2.45, 2.75) is 26.3 Å². The van der Waals surface area contributed by atoms with E-state index >= 15 is 0 Å². The first kappa shape index (κ1) is 20.9. The molecule has 160 valence electrons. The first-order valence-corrected chi connectivity index (χ1v) is 11.5. The third kappa shape index (κ3) is 5.83. The zero-order valence-corrected chi connectivity index (χ0v) is 18.2. The third-order valence-electron chi connectivity index (χ3n) is 6.56. The minimum absolute atomic E-state index is 0.130. The molecule has 2 aliphatic heterocycles. The Morgan fingerprint density at radius 1 is 1.00 bits per heavy atom. The molecule has 0 spiro atoms. The van der Waals surface area contributed by atoms with Crippen LogP contribution in [-0.2, 0) is 11.3 Å². The second kappa shape index (κ2) is 10.1. The lowest BCUT2D eigenvalue weighted by atomic mass is 10.0. The summed E-state index contributed by atoms with van der Waals surface area (Å²) >= 11 is 0. The Morgan fingerprint density at radius 2 is 1.73 bits per heavy atom. The predicted molar refractivity (Wildman–Crippen MR) is 122 cm³/mol. The molecular weight excluding hydrogens is 372 g/mol. The zero-order valence-electron chi connectivity index (χ0n) is 18.2. The molecule has 30 heavy (non-hydrogen) atoms. The molecule has 2 aromatic carbocycles. The quantitative estimate of drug-likeness (QED) is 0.663. The highest BCUT2D eigenvalue weighted by Crippen LogP contribution is 2.18. The van der Waals surface area contributed by atoms with Gasteiger partial charge in [-0.1, -0.05) is 37.3 Å². The second-order valence-corrected chi connectivity index (χ2v) is 9.12. The van der Waals surface area contributed by atoms with Gasteiger partial charge < -0.3 is 20.0 Å². The predicted octanol–water partition coefficient (Wildman–Crippen LogP) is 0.845. The van der Waals surface area contributed by atoms with Gasteiger partial charge in [0.25, 0.3) is 5.91 Å². The first-order valence-electron chi connectivity index (χ1n) is 11.5. The lowest BCUT2D eigenvalue weighted by Gasteiger charge is -2.33. The van der Waals surface area contributed by atoms with Crippen molar-refractivity contribution < 1.29 is 14.6 Å². The molecule has 2 aromatic rings. The molecule has 5 heteroatoms. The van der Waals surface area contributed by atoms with Crippen LogP contribution in [0, 0.1) is 5.92 Å². The zero-order chi connectivity index (χ0) is 20.8. The summed E-state index contributed by atoms with van der Waals surface area (Å²) in [5.41, 5.74) is 3.57. The largest absolute Gasteiger partial charge is 0.360 e. The maximum absolute atomic E-state index is 12.4. The minimum atomic E-state index is 0.130. The highest BCUT2D eigenvalue weighted by molar-refractivity contribution is 5.91. The van der Waals surface area contributed by atoms with Crippen LogP contribution in [0.5, 0.6) is 0 Å². The molecule has 1 unspecified atom stereocenters. The molecule has 5 nitrogen and oxygen atoms in total. The molecule has 0 bridgehead atoms. The molecule has 0 aromatic heterocycles. The number of quaternary nitrogens is 2. The Labute approximate surface area is 180 Å². The number of likely N-dealkylation sites (tertiary alicyclic amines) is 1. The van der Waals surface area contributed by atoms with Crippen molar-refractivity contribution in [2.75, 3.05) is 56.0 Å². The average Bonchev–Trinajstić information content (AvgIpc) is 2.76. The summed E-state index contributed by atoms with van der Waals surface area (Å²) in [5.74, 6) is 0.862. The number of rotatable bonds is 6. The molecule has 3 N–H and O–H groups in total. The number of hydrogen-bond acceptors (Lipinski definition) is 2. The van der Waals surface area contributed by atoms with Crippen LogP contribution in [0.15, 0.2) is 54.6 Å². The number of hydrogen-bond donors (Lipinski definition) is 3. The van der Waals surface area contributed by atoms with Crippen LogP contribution in [0.2, 0.25) is 0 Å². The molecule has 0 aliphatic carbocycles. The Kier molecular flexibility index (Phi) is 7.03. The van der Waals surface area contributed by atoms with E-state index in [9.17, 15) is 4.79 Å². The Bertz CT molecular complexity index is 800. The van der Waals surface area contributed by atoms with Gasteiger partial charge >= 0.3 is 0 Å². The van der Waals surface area contributed by atoms with Gasteiger partial charge in [-0.2, -0.15) is 0 Å². The molecule has 2 aliphatic rings. The van der Waals surface area contributed by atoms with Crippen LogP contribution in [0.1, 0.15) is 25.3 Å². The summed E-state index contributed by atoms with van der Waals surface area (Å²) in [6.07, 6.45) is 2.54. The summed E-state index contributed by atoms with van der Waals surface area (Å²) in [7, 11) is 0. The van der Waals surface area contributed by atoms with E-state index in [0.29, 0.717) is 6.54 Å². The van der Waals surface area contributed by atoms with Gasteiger partial charge in [0.2, 0.25) is 0 Å². The van der Waals surface area contributed by atoms with Crippen LogP contribution < -0.4 is 20.0 Å². The van der Waals surface area contributed by atoms with Crippen molar-refractivity contribution in [1.29, 1.82) is 0 Å². The average molecular weight is 409 g/mol. The van der Waals surface area contributed by atoms with Crippen molar-refractivity contribution in [3.8, 4) is 0 Å². The maximum Gasteiger partial charge on any atom is 0.279 e. The highest BCUT2D eigenvalue weighted by Gasteiger charge is 2.22. The number of piperazine rings is 1. The number of piperidine rings is 1. The monoisotopic (exact) mass is 408 g/mol. The Hall–Kier alpha value is -2.37. The molecule has 2 fully saturated rings. The fourth-order valence-electron chi connectivity index (χ4n) is 4.89. The molecule has 2 atom stereocenters.